The summed E-state index contributed by atoms with van der Waals surface area (Å²) in [5.74, 6) is 0.790. The molecule has 2 fully saturated rings. The molecule has 4 heterocycles. The molecule has 2 saturated heterocycles. The van der Waals surface area contributed by atoms with Crippen LogP contribution in [0.3, 0.4) is 0 Å². The largest absolute Gasteiger partial charge is 0.497 e. The molecule has 0 bridgehead atoms. The number of H-pyrrole nitrogens is 1. The number of hydrazone groups is 1. The minimum atomic E-state index is -3.14. The molecule has 1 aromatic carbocycles. The van der Waals surface area contributed by atoms with Crippen LogP contribution in [0.4, 0.5) is 0 Å². The number of rotatable bonds is 4. The Morgan fingerprint density at radius 2 is 1.97 bits per heavy atom. The lowest BCUT2D eigenvalue weighted by Gasteiger charge is -2.34. The fourth-order valence-electron chi connectivity index (χ4n) is 5.14. The van der Waals surface area contributed by atoms with E-state index in [1.54, 1.807) is 7.11 Å². The first-order valence-electron chi connectivity index (χ1n) is 11.4. The van der Waals surface area contributed by atoms with Crippen molar-refractivity contribution < 1.29 is 22.7 Å². The zero-order valence-corrected chi connectivity index (χ0v) is 19.4. The molecule has 5 rings (SSSR count). The Morgan fingerprint density at radius 1 is 1.18 bits per heavy atom. The zero-order chi connectivity index (χ0) is 23.2. The highest BCUT2D eigenvalue weighted by molar-refractivity contribution is 7.91. The summed E-state index contributed by atoms with van der Waals surface area (Å²) in [6.07, 6.45) is 4.60. The Bertz CT molecular complexity index is 1230. The summed E-state index contributed by atoms with van der Waals surface area (Å²) in [5.41, 5.74) is 2.67. The molecule has 1 N–H and O–H groups in total. The minimum absolute atomic E-state index is 0.0630. The third-order valence-corrected chi connectivity index (χ3v) is 8.75. The maximum atomic E-state index is 13.2. The highest BCUT2D eigenvalue weighted by atomic mass is 32.2. The number of aromatic amines is 1. The van der Waals surface area contributed by atoms with Gasteiger partial charge in [-0.1, -0.05) is 0 Å². The van der Waals surface area contributed by atoms with Gasteiger partial charge in [-0.05, 0) is 48.9 Å². The van der Waals surface area contributed by atoms with E-state index in [1.165, 1.54) is 10.6 Å². The zero-order valence-electron chi connectivity index (χ0n) is 18.6. The SMILES string of the molecule is COc1ccc2[nH]cc(C3CCN(C(=O)C4=NN(C5CCS(=O)(=O)C5)C(=O)CC4)CC3)c2c1. The number of aromatic nitrogens is 1. The first-order valence-corrected chi connectivity index (χ1v) is 13.2. The summed E-state index contributed by atoms with van der Waals surface area (Å²) >= 11 is 0. The number of nitrogens with one attached hydrogen (secondary N) is 1. The third-order valence-electron chi connectivity index (χ3n) is 7.00. The molecule has 9 nitrogen and oxygen atoms in total. The number of nitrogens with zero attached hydrogens (tertiary/aromatic N) is 3. The van der Waals surface area contributed by atoms with Crippen molar-refractivity contribution in [1.29, 1.82) is 0 Å². The van der Waals surface area contributed by atoms with Gasteiger partial charge in [-0.2, -0.15) is 5.10 Å². The van der Waals surface area contributed by atoms with Crippen LogP contribution in [0.5, 0.6) is 5.75 Å². The van der Waals surface area contributed by atoms with E-state index < -0.39 is 15.9 Å². The van der Waals surface area contributed by atoms with E-state index in [1.807, 2.05) is 23.1 Å². The van der Waals surface area contributed by atoms with Crippen molar-refractivity contribution in [2.24, 2.45) is 5.10 Å². The van der Waals surface area contributed by atoms with Gasteiger partial charge in [0.1, 0.15) is 11.5 Å². The lowest BCUT2D eigenvalue weighted by atomic mass is 9.89. The minimum Gasteiger partial charge on any atom is -0.497 e. The van der Waals surface area contributed by atoms with Crippen molar-refractivity contribution in [2.45, 2.75) is 44.1 Å². The Hall–Kier alpha value is -2.88. The van der Waals surface area contributed by atoms with Crippen LogP contribution in [0.2, 0.25) is 0 Å². The van der Waals surface area contributed by atoms with Gasteiger partial charge in [0.05, 0.1) is 24.7 Å². The standard InChI is InChI=1S/C23H28N4O5S/c1-32-17-2-3-20-18(12-17)19(13-24-20)15-6-9-26(10-7-15)23(29)21-4-5-22(28)27(25-21)16-8-11-33(30,31)14-16/h2-3,12-13,15-16,24H,4-11,14H2,1H3. The topological polar surface area (TPSA) is 112 Å². The van der Waals surface area contributed by atoms with Crippen LogP contribution in [0.25, 0.3) is 10.9 Å². The molecule has 1 atom stereocenters. The number of benzene rings is 1. The summed E-state index contributed by atoms with van der Waals surface area (Å²) < 4.78 is 29.0. The quantitative estimate of drug-likeness (QED) is 0.732. The van der Waals surface area contributed by atoms with Crippen molar-refractivity contribution in [1.82, 2.24) is 14.9 Å². The van der Waals surface area contributed by atoms with Crippen LogP contribution in [-0.2, 0) is 19.4 Å². The fourth-order valence-corrected chi connectivity index (χ4v) is 6.83. The maximum absolute atomic E-state index is 13.2. The van der Waals surface area contributed by atoms with Gasteiger partial charge < -0.3 is 14.6 Å². The van der Waals surface area contributed by atoms with E-state index in [9.17, 15) is 18.0 Å². The first kappa shape index (κ1) is 21.9. The second-order valence-corrected chi connectivity index (χ2v) is 11.3. The predicted octanol–water partition coefficient (Wildman–Crippen LogP) is 2.05. The van der Waals surface area contributed by atoms with Gasteiger partial charge in [-0.3, -0.25) is 9.59 Å². The van der Waals surface area contributed by atoms with Crippen LogP contribution in [0, 0.1) is 0 Å². The number of sulfone groups is 1. The van der Waals surface area contributed by atoms with E-state index in [4.69, 9.17) is 4.74 Å². The molecule has 176 valence electrons. The molecule has 0 aliphatic carbocycles. The molecule has 2 amide bonds. The number of carbonyl (C=O) groups excluding carboxylic acids is 2. The van der Waals surface area contributed by atoms with Gasteiger partial charge in [-0.25, -0.2) is 13.4 Å². The summed E-state index contributed by atoms with van der Waals surface area (Å²) in [6.45, 7) is 1.23. The summed E-state index contributed by atoms with van der Waals surface area (Å²) in [6, 6.07) is 5.53. The third kappa shape index (κ3) is 4.23. The van der Waals surface area contributed by atoms with Gasteiger partial charge in [0, 0.05) is 43.0 Å². The summed E-state index contributed by atoms with van der Waals surface area (Å²) in [4.78, 5) is 30.6. The van der Waals surface area contributed by atoms with E-state index >= 15 is 0 Å². The van der Waals surface area contributed by atoms with Crippen LogP contribution < -0.4 is 4.74 Å². The number of piperidine rings is 1. The summed E-state index contributed by atoms with van der Waals surface area (Å²) in [7, 11) is -1.48. The van der Waals surface area contributed by atoms with Crippen LogP contribution in [0.1, 0.15) is 43.6 Å². The molecule has 1 aromatic heterocycles. The molecule has 33 heavy (non-hydrogen) atoms. The number of hydrogen-bond acceptors (Lipinski definition) is 6. The number of amides is 2. The molecule has 0 spiro atoms. The normalized spacial score (nSPS) is 23.7. The second-order valence-electron chi connectivity index (χ2n) is 9.06. The van der Waals surface area contributed by atoms with Crippen molar-refractivity contribution >= 4 is 38.3 Å². The number of fused-ring (bicyclic) bond motifs is 1. The molecule has 1 unspecified atom stereocenters. The van der Waals surface area contributed by atoms with Crippen molar-refractivity contribution in [3.8, 4) is 5.75 Å². The van der Waals surface area contributed by atoms with Gasteiger partial charge in [0.2, 0.25) is 5.91 Å². The van der Waals surface area contributed by atoms with E-state index in [0.717, 1.165) is 29.5 Å². The molecule has 3 aliphatic rings. The fraction of sp³-hybridized carbons (Fsp3) is 0.522. The van der Waals surface area contributed by atoms with Gasteiger partial charge in [0.15, 0.2) is 9.84 Å². The average Bonchev–Trinajstić information content (AvgIpc) is 3.41. The monoisotopic (exact) mass is 472 g/mol. The lowest BCUT2D eigenvalue weighted by Crippen LogP contribution is -2.46. The Kier molecular flexibility index (Phi) is 5.64. The predicted molar refractivity (Wildman–Crippen MR) is 124 cm³/mol. The van der Waals surface area contributed by atoms with Crippen LogP contribution in [-0.4, -0.2) is 78.6 Å². The molecular formula is C23H28N4O5S. The Labute approximate surface area is 192 Å². The molecule has 10 heteroatoms. The molecular weight excluding hydrogens is 444 g/mol. The van der Waals surface area contributed by atoms with Crippen molar-refractivity contribution in [2.75, 3.05) is 31.7 Å². The van der Waals surface area contributed by atoms with E-state index in [0.29, 0.717) is 37.6 Å². The summed E-state index contributed by atoms with van der Waals surface area (Å²) in [5, 5.41) is 6.75. The lowest BCUT2D eigenvalue weighted by molar-refractivity contribution is -0.134. The number of likely N-dealkylation sites (tertiary alicyclic amines) is 1. The number of hydrogen-bond donors (Lipinski definition) is 1. The number of ether oxygens (including phenoxy) is 1. The van der Waals surface area contributed by atoms with Gasteiger partial charge in [-0.15, -0.1) is 0 Å². The van der Waals surface area contributed by atoms with Crippen molar-refractivity contribution in [3.63, 3.8) is 0 Å². The van der Waals surface area contributed by atoms with Crippen LogP contribution in [0.15, 0.2) is 29.5 Å². The first-order chi connectivity index (χ1) is 15.8. The van der Waals surface area contributed by atoms with Crippen molar-refractivity contribution in [3.05, 3.63) is 30.0 Å². The van der Waals surface area contributed by atoms with E-state index in [2.05, 4.69) is 16.3 Å². The van der Waals surface area contributed by atoms with E-state index in [-0.39, 0.29) is 29.7 Å². The average molecular weight is 473 g/mol. The Balaban J connectivity index is 1.27. The van der Waals surface area contributed by atoms with Gasteiger partial charge in [0.25, 0.3) is 5.91 Å². The highest BCUT2D eigenvalue weighted by Crippen LogP contribution is 2.35. The number of carbonyl (C=O) groups is 2. The smallest absolute Gasteiger partial charge is 0.270 e. The number of methoxy groups -OCH3 is 1. The molecule has 3 aliphatic heterocycles. The van der Waals surface area contributed by atoms with Gasteiger partial charge >= 0.3 is 0 Å². The molecule has 0 saturated carbocycles. The Morgan fingerprint density at radius 3 is 2.67 bits per heavy atom. The second kappa shape index (κ2) is 8.48. The van der Waals surface area contributed by atoms with Crippen LogP contribution >= 0.6 is 0 Å². The highest BCUT2D eigenvalue weighted by Gasteiger charge is 2.38. The molecule has 2 aromatic rings. The molecule has 0 radical (unpaired) electrons. The maximum Gasteiger partial charge on any atom is 0.270 e.